The fourth-order valence-corrected chi connectivity index (χ4v) is 3.07. The number of aryl methyl sites for hydroxylation is 1. The Hall–Kier alpha value is -3.12. The van der Waals surface area contributed by atoms with Gasteiger partial charge in [-0.2, -0.15) is 5.26 Å². The van der Waals surface area contributed by atoms with Crippen LogP contribution in [0.15, 0.2) is 11.6 Å². The van der Waals surface area contributed by atoms with Crippen LogP contribution in [-0.2, 0) is 35.1 Å². The molecule has 170 valence electrons. The first-order chi connectivity index (χ1) is 14.6. The first-order valence-corrected chi connectivity index (χ1v) is 9.96. The number of methoxy groups -OCH3 is 2. The zero-order valence-corrected chi connectivity index (χ0v) is 19.0. The maximum Gasteiger partial charge on any atom is 0.349 e. The zero-order chi connectivity index (χ0) is 23.6. The monoisotopic (exact) mass is 433 g/mol. The fraction of sp³-hybridized carbons (Fsp3) is 0.545. The van der Waals surface area contributed by atoms with Crippen LogP contribution in [0.25, 0.3) is 6.08 Å². The van der Waals surface area contributed by atoms with Gasteiger partial charge in [-0.3, -0.25) is 4.79 Å². The molecule has 0 aromatic carbocycles. The molecule has 0 saturated carbocycles. The Bertz CT molecular complexity index is 863. The van der Waals surface area contributed by atoms with Gasteiger partial charge in [0, 0.05) is 25.0 Å². The molecule has 1 amide bonds. The smallest absolute Gasteiger partial charge is 0.349 e. The van der Waals surface area contributed by atoms with Gasteiger partial charge in [0.1, 0.15) is 17.7 Å². The Kier molecular flexibility index (Phi) is 10.5. The number of nitrogens with one attached hydrogen (secondary N) is 1. The summed E-state index contributed by atoms with van der Waals surface area (Å²) in [6.45, 7) is 8.16. The van der Waals surface area contributed by atoms with Gasteiger partial charge in [-0.15, -0.1) is 0 Å². The number of amides is 1. The minimum absolute atomic E-state index is 0.142. The highest BCUT2D eigenvalue weighted by Gasteiger charge is 2.23. The number of ether oxygens (including phenoxy) is 3. The van der Waals surface area contributed by atoms with Crippen LogP contribution in [0.1, 0.15) is 37.2 Å². The summed E-state index contributed by atoms with van der Waals surface area (Å²) < 4.78 is 16.8. The Labute approximate surface area is 182 Å². The van der Waals surface area contributed by atoms with Crippen molar-refractivity contribution in [3.63, 3.8) is 0 Å². The second-order valence-corrected chi connectivity index (χ2v) is 7.49. The topological polar surface area (TPSA) is 120 Å². The molecule has 0 radical (unpaired) electrons. The third-order valence-corrected chi connectivity index (χ3v) is 4.63. The average Bonchev–Trinajstić information content (AvgIpc) is 2.99. The van der Waals surface area contributed by atoms with Crippen molar-refractivity contribution in [1.82, 2.24) is 9.88 Å². The highest BCUT2D eigenvalue weighted by Crippen LogP contribution is 2.18. The molecule has 9 heteroatoms. The van der Waals surface area contributed by atoms with Gasteiger partial charge in [0.25, 0.3) is 5.91 Å². The van der Waals surface area contributed by atoms with Crippen molar-refractivity contribution in [2.24, 2.45) is 5.92 Å². The predicted molar refractivity (Wildman–Crippen MR) is 114 cm³/mol. The van der Waals surface area contributed by atoms with Gasteiger partial charge in [0.2, 0.25) is 0 Å². The van der Waals surface area contributed by atoms with Crippen LogP contribution >= 0.6 is 0 Å². The Morgan fingerprint density at radius 3 is 2.48 bits per heavy atom. The van der Waals surface area contributed by atoms with Gasteiger partial charge in [-0.1, -0.05) is 13.8 Å². The van der Waals surface area contributed by atoms with Gasteiger partial charge in [-0.05, 0) is 43.9 Å². The fourth-order valence-electron chi connectivity index (χ4n) is 3.07. The summed E-state index contributed by atoms with van der Waals surface area (Å²) in [5.41, 5.74) is 2.31. The molecule has 31 heavy (non-hydrogen) atoms. The van der Waals surface area contributed by atoms with E-state index < -0.39 is 30.5 Å². The summed E-state index contributed by atoms with van der Waals surface area (Å²) >= 11 is 0. The molecule has 0 aliphatic carbocycles. The standard InChI is InChI=1S/C22H31N3O6/c1-14(2)9-19(22(28)30-6)24-20(26)13-31-21(27)18(12-23)11-17-10-15(3)25(16(17)4)7-8-29-5/h10-11,14,19H,7-9,13H2,1-6H3,(H,24,26)/b18-11+. The molecule has 0 bridgehead atoms. The van der Waals surface area contributed by atoms with Crippen molar-refractivity contribution >= 4 is 23.9 Å². The number of hydrogen-bond donors (Lipinski definition) is 1. The lowest BCUT2D eigenvalue weighted by molar-refractivity contribution is -0.148. The Balaban J connectivity index is 2.82. The zero-order valence-electron chi connectivity index (χ0n) is 19.0. The van der Waals surface area contributed by atoms with E-state index in [-0.39, 0.29) is 11.5 Å². The summed E-state index contributed by atoms with van der Waals surface area (Å²) in [4.78, 5) is 36.2. The lowest BCUT2D eigenvalue weighted by Gasteiger charge is -2.18. The highest BCUT2D eigenvalue weighted by molar-refractivity contribution is 5.99. The molecule has 9 nitrogen and oxygen atoms in total. The number of carbonyl (C=O) groups is 3. The number of nitrogens with zero attached hydrogens (tertiary/aromatic N) is 2. The van der Waals surface area contributed by atoms with E-state index in [1.807, 2.05) is 44.4 Å². The summed E-state index contributed by atoms with van der Waals surface area (Å²) in [5, 5.41) is 11.9. The quantitative estimate of drug-likeness (QED) is 0.321. The van der Waals surface area contributed by atoms with Crippen molar-refractivity contribution in [1.29, 1.82) is 5.26 Å². The van der Waals surface area contributed by atoms with Crippen molar-refractivity contribution in [3.05, 3.63) is 28.6 Å². The van der Waals surface area contributed by atoms with Crippen LogP contribution in [0, 0.1) is 31.1 Å². The molecule has 1 aromatic rings. The lowest BCUT2D eigenvalue weighted by atomic mass is 10.0. The first kappa shape index (κ1) is 25.9. The van der Waals surface area contributed by atoms with E-state index in [1.165, 1.54) is 13.2 Å². The summed E-state index contributed by atoms with van der Waals surface area (Å²) in [5.74, 6) is -2.00. The SMILES string of the molecule is COCCn1c(C)cc(/C=C(\C#N)C(=O)OCC(=O)NC(CC(C)C)C(=O)OC)c1C. The van der Waals surface area contributed by atoms with Gasteiger partial charge >= 0.3 is 11.9 Å². The number of esters is 2. The molecule has 1 unspecified atom stereocenters. The summed E-state index contributed by atoms with van der Waals surface area (Å²) in [7, 11) is 2.85. The van der Waals surface area contributed by atoms with Crippen molar-refractivity contribution in [2.45, 2.75) is 46.7 Å². The van der Waals surface area contributed by atoms with Crippen LogP contribution in [0.5, 0.6) is 0 Å². The predicted octanol–water partition coefficient (Wildman–Crippen LogP) is 1.91. The second-order valence-electron chi connectivity index (χ2n) is 7.49. The number of rotatable bonds is 11. The third kappa shape index (κ3) is 7.90. The Morgan fingerprint density at radius 2 is 1.94 bits per heavy atom. The molecule has 1 aromatic heterocycles. The molecule has 1 N–H and O–H groups in total. The number of hydrogen-bond acceptors (Lipinski definition) is 7. The molecular weight excluding hydrogens is 402 g/mol. The van der Waals surface area contributed by atoms with E-state index in [0.29, 0.717) is 25.1 Å². The van der Waals surface area contributed by atoms with E-state index in [0.717, 1.165) is 11.4 Å². The third-order valence-electron chi connectivity index (χ3n) is 4.63. The average molecular weight is 434 g/mol. The van der Waals surface area contributed by atoms with Gasteiger partial charge < -0.3 is 24.1 Å². The van der Waals surface area contributed by atoms with E-state index in [9.17, 15) is 19.6 Å². The molecule has 1 heterocycles. The molecule has 0 fully saturated rings. The first-order valence-electron chi connectivity index (χ1n) is 9.96. The maximum atomic E-state index is 12.3. The normalized spacial score (nSPS) is 12.3. The number of nitriles is 1. The highest BCUT2D eigenvalue weighted by atomic mass is 16.5. The maximum absolute atomic E-state index is 12.3. The minimum atomic E-state index is -0.919. The van der Waals surface area contributed by atoms with Crippen LogP contribution in [0.4, 0.5) is 0 Å². The second kappa shape index (κ2) is 12.5. The van der Waals surface area contributed by atoms with E-state index in [2.05, 4.69) is 10.1 Å². The van der Waals surface area contributed by atoms with Crippen LogP contribution in [0.2, 0.25) is 0 Å². The van der Waals surface area contributed by atoms with Gasteiger partial charge in [-0.25, -0.2) is 9.59 Å². The van der Waals surface area contributed by atoms with Crippen LogP contribution in [-0.4, -0.2) is 55.9 Å². The van der Waals surface area contributed by atoms with E-state index >= 15 is 0 Å². The van der Waals surface area contributed by atoms with Crippen LogP contribution < -0.4 is 5.32 Å². The summed E-state index contributed by atoms with van der Waals surface area (Å²) in [6.07, 6.45) is 1.82. The van der Waals surface area contributed by atoms with Crippen molar-refractivity contribution in [2.75, 3.05) is 27.4 Å². The van der Waals surface area contributed by atoms with Crippen LogP contribution in [0.3, 0.4) is 0 Å². The van der Waals surface area contributed by atoms with Gasteiger partial charge in [0.15, 0.2) is 6.61 Å². The molecule has 0 spiro atoms. The molecule has 0 saturated heterocycles. The molecule has 0 aliphatic heterocycles. The van der Waals surface area contributed by atoms with E-state index in [1.54, 1.807) is 7.11 Å². The summed E-state index contributed by atoms with van der Waals surface area (Å²) in [6, 6.07) is 2.84. The van der Waals surface area contributed by atoms with Crippen molar-refractivity contribution < 1.29 is 28.6 Å². The van der Waals surface area contributed by atoms with Gasteiger partial charge in [0.05, 0.1) is 13.7 Å². The molecular formula is C22H31N3O6. The largest absolute Gasteiger partial charge is 0.467 e. The Morgan fingerprint density at radius 1 is 1.26 bits per heavy atom. The lowest BCUT2D eigenvalue weighted by Crippen LogP contribution is -2.44. The number of carbonyl (C=O) groups excluding carboxylic acids is 3. The molecule has 1 rings (SSSR count). The minimum Gasteiger partial charge on any atom is -0.467 e. The molecule has 1 atom stereocenters. The number of aromatic nitrogens is 1. The van der Waals surface area contributed by atoms with E-state index in [4.69, 9.17) is 9.47 Å². The van der Waals surface area contributed by atoms with Crippen molar-refractivity contribution in [3.8, 4) is 6.07 Å². The molecule has 0 aliphatic rings.